The number of carbonyl (C=O) groups is 1. The van der Waals surface area contributed by atoms with Crippen molar-refractivity contribution in [3.8, 4) is 0 Å². The first-order chi connectivity index (χ1) is 13.1. The summed E-state index contributed by atoms with van der Waals surface area (Å²) in [5.41, 5.74) is 4.00. The molecule has 0 aromatic heterocycles. The third-order valence-electron chi connectivity index (χ3n) is 5.82. The zero-order valence-corrected chi connectivity index (χ0v) is 18.1. The number of benzene rings is 1. The molecule has 0 atom stereocenters. The Kier molecular flexibility index (Phi) is 12.9. The molecule has 0 saturated heterocycles. The minimum Gasteiger partial charge on any atom is -0.478 e. The Balaban J connectivity index is 2.03. The maximum Gasteiger partial charge on any atom is 0.335 e. The predicted octanol–water partition coefficient (Wildman–Crippen LogP) is 8.03. The van der Waals surface area contributed by atoms with Gasteiger partial charge >= 0.3 is 5.97 Å². The fraction of sp³-hybridized carbons (Fsp3) is 0.720. The molecule has 2 nitrogen and oxygen atoms in total. The average molecular weight is 375 g/mol. The van der Waals surface area contributed by atoms with Crippen molar-refractivity contribution in [3.05, 3.63) is 34.4 Å². The zero-order valence-electron chi connectivity index (χ0n) is 18.1. The van der Waals surface area contributed by atoms with E-state index in [1.807, 2.05) is 13.0 Å². The molecule has 27 heavy (non-hydrogen) atoms. The van der Waals surface area contributed by atoms with Crippen molar-refractivity contribution in [2.24, 2.45) is 0 Å². The molecular formula is C25H42O2. The molecule has 0 amide bonds. The molecule has 154 valence electrons. The van der Waals surface area contributed by atoms with Crippen molar-refractivity contribution < 1.29 is 9.90 Å². The van der Waals surface area contributed by atoms with Crippen LogP contribution in [-0.4, -0.2) is 11.1 Å². The van der Waals surface area contributed by atoms with Gasteiger partial charge in [-0.05, 0) is 55.5 Å². The number of rotatable bonds is 16. The van der Waals surface area contributed by atoms with Crippen LogP contribution >= 0.6 is 0 Å². The fourth-order valence-electron chi connectivity index (χ4n) is 3.83. The predicted molar refractivity (Wildman–Crippen MR) is 117 cm³/mol. The second-order valence-electron chi connectivity index (χ2n) is 8.23. The van der Waals surface area contributed by atoms with Gasteiger partial charge in [0.25, 0.3) is 0 Å². The highest BCUT2D eigenvalue weighted by Crippen LogP contribution is 2.20. The lowest BCUT2D eigenvalue weighted by molar-refractivity contribution is 0.0696. The molecule has 1 aromatic carbocycles. The van der Waals surface area contributed by atoms with Gasteiger partial charge in [0.15, 0.2) is 0 Å². The van der Waals surface area contributed by atoms with Crippen LogP contribution < -0.4 is 0 Å². The van der Waals surface area contributed by atoms with Crippen LogP contribution in [0.2, 0.25) is 0 Å². The van der Waals surface area contributed by atoms with E-state index >= 15 is 0 Å². The van der Waals surface area contributed by atoms with Gasteiger partial charge < -0.3 is 5.11 Å². The van der Waals surface area contributed by atoms with Crippen LogP contribution in [0.3, 0.4) is 0 Å². The second kappa shape index (κ2) is 14.7. The van der Waals surface area contributed by atoms with Gasteiger partial charge in [-0.1, -0.05) is 90.4 Å². The zero-order chi connectivity index (χ0) is 19.9. The van der Waals surface area contributed by atoms with E-state index < -0.39 is 5.97 Å². The summed E-state index contributed by atoms with van der Waals surface area (Å²) in [5.74, 6) is -0.819. The summed E-state index contributed by atoms with van der Waals surface area (Å²) in [6.45, 7) is 6.40. The number of unbranched alkanes of at least 4 members (excludes halogenated alkanes) is 13. The first-order valence-electron chi connectivity index (χ1n) is 11.4. The minimum atomic E-state index is -0.819. The number of carboxylic acids is 1. The molecule has 1 rings (SSSR count). The quantitative estimate of drug-likeness (QED) is 0.297. The van der Waals surface area contributed by atoms with Gasteiger partial charge in [-0.25, -0.2) is 4.79 Å². The smallest absolute Gasteiger partial charge is 0.335 e. The van der Waals surface area contributed by atoms with Crippen molar-refractivity contribution in [2.75, 3.05) is 0 Å². The minimum absolute atomic E-state index is 0.429. The molecule has 0 fully saturated rings. The van der Waals surface area contributed by atoms with Crippen LogP contribution in [0.1, 0.15) is 124 Å². The van der Waals surface area contributed by atoms with E-state index in [1.54, 1.807) is 6.07 Å². The molecule has 0 radical (unpaired) electrons. The lowest BCUT2D eigenvalue weighted by Gasteiger charge is -2.10. The third kappa shape index (κ3) is 10.6. The summed E-state index contributed by atoms with van der Waals surface area (Å²) in [6, 6.07) is 3.65. The van der Waals surface area contributed by atoms with Gasteiger partial charge in [0.1, 0.15) is 0 Å². The van der Waals surface area contributed by atoms with Crippen LogP contribution in [0.15, 0.2) is 12.1 Å². The summed E-state index contributed by atoms with van der Waals surface area (Å²) in [5, 5.41) is 9.22. The molecule has 2 heteroatoms. The number of aryl methyl sites for hydroxylation is 2. The summed E-state index contributed by atoms with van der Waals surface area (Å²) in [4.78, 5) is 11.2. The molecule has 1 aromatic rings. The van der Waals surface area contributed by atoms with Gasteiger partial charge in [0.2, 0.25) is 0 Å². The molecule has 0 aliphatic carbocycles. The molecule has 1 N–H and O–H groups in total. The Morgan fingerprint density at radius 2 is 1.19 bits per heavy atom. The topological polar surface area (TPSA) is 37.3 Å². The molecule has 0 heterocycles. The lowest BCUT2D eigenvalue weighted by atomic mass is 9.95. The normalized spacial score (nSPS) is 11.1. The molecule has 0 saturated carbocycles. The molecule has 0 bridgehead atoms. The number of hydrogen-bond donors (Lipinski definition) is 1. The Bertz CT molecular complexity index is 533. The van der Waals surface area contributed by atoms with E-state index in [0.717, 1.165) is 12.0 Å². The average Bonchev–Trinajstić information content (AvgIpc) is 2.64. The first kappa shape index (κ1) is 23.7. The van der Waals surface area contributed by atoms with E-state index in [2.05, 4.69) is 13.8 Å². The van der Waals surface area contributed by atoms with Crippen LogP contribution in [0.4, 0.5) is 0 Å². The van der Waals surface area contributed by atoms with Crippen LogP contribution in [0.25, 0.3) is 0 Å². The highest BCUT2D eigenvalue weighted by molar-refractivity contribution is 5.88. The Morgan fingerprint density at radius 1 is 0.741 bits per heavy atom. The number of hydrogen-bond acceptors (Lipinski definition) is 1. The Hall–Kier alpha value is -1.31. The van der Waals surface area contributed by atoms with Gasteiger partial charge in [-0.15, -0.1) is 0 Å². The van der Waals surface area contributed by atoms with E-state index in [9.17, 15) is 9.90 Å². The van der Waals surface area contributed by atoms with Gasteiger partial charge in [0.05, 0.1) is 5.56 Å². The van der Waals surface area contributed by atoms with Crippen molar-refractivity contribution >= 4 is 5.97 Å². The molecule has 0 unspecified atom stereocenters. The molecular weight excluding hydrogens is 332 g/mol. The maximum atomic E-state index is 11.2. The molecule has 0 aliphatic heterocycles. The van der Waals surface area contributed by atoms with Gasteiger partial charge in [0, 0.05) is 0 Å². The van der Waals surface area contributed by atoms with Gasteiger partial charge in [-0.2, -0.15) is 0 Å². The highest BCUT2D eigenvalue weighted by Gasteiger charge is 2.09. The Labute approximate surface area is 167 Å². The highest BCUT2D eigenvalue weighted by atomic mass is 16.4. The summed E-state index contributed by atoms with van der Waals surface area (Å²) < 4.78 is 0. The van der Waals surface area contributed by atoms with E-state index in [4.69, 9.17) is 0 Å². The van der Waals surface area contributed by atoms with E-state index in [-0.39, 0.29) is 0 Å². The van der Waals surface area contributed by atoms with Crippen LogP contribution in [0.5, 0.6) is 0 Å². The van der Waals surface area contributed by atoms with Crippen molar-refractivity contribution in [1.29, 1.82) is 0 Å². The molecule has 0 spiro atoms. The van der Waals surface area contributed by atoms with Crippen LogP contribution in [0, 0.1) is 13.8 Å². The van der Waals surface area contributed by atoms with Gasteiger partial charge in [-0.3, -0.25) is 0 Å². The van der Waals surface area contributed by atoms with E-state index in [0.29, 0.717) is 5.56 Å². The van der Waals surface area contributed by atoms with Crippen LogP contribution in [-0.2, 0) is 6.42 Å². The number of aromatic carboxylic acids is 1. The summed E-state index contributed by atoms with van der Waals surface area (Å²) in [7, 11) is 0. The monoisotopic (exact) mass is 374 g/mol. The van der Waals surface area contributed by atoms with Crippen molar-refractivity contribution in [2.45, 2.75) is 117 Å². The summed E-state index contributed by atoms with van der Waals surface area (Å²) in [6.07, 6.45) is 20.2. The summed E-state index contributed by atoms with van der Waals surface area (Å²) >= 11 is 0. The Morgan fingerprint density at radius 3 is 1.63 bits per heavy atom. The van der Waals surface area contributed by atoms with E-state index in [1.165, 1.54) is 101 Å². The molecule has 0 aliphatic rings. The lowest BCUT2D eigenvalue weighted by Crippen LogP contribution is -2.02. The standard InChI is InChI=1S/C25H42O2/c1-4-5-6-7-8-9-10-11-12-13-14-15-16-17-18-23-20-24(25(26)27)19-21(2)22(23)3/h19-20H,4-18H2,1-3H3,(H,26,27). The first-order valence-corrected chi connectivity index (χ1v) is 11.4. The van der Waals surface area contributed by atoms with Crippen molar-refractivity contribution in [3.63, 3.8) is 0 Å². The largest absolute Gasteiger partial charge is 0.478 e. The fourth-order valence-corrected chi connectivity index (χ4v) is 3.83. The third-order valence-corrected chi connectivity index (χ3v) is 5.82. The maximum absolute atomic E-state index is 11.2. The van der Waals surface area contributed by atoms with Crippen molar-refractivity contribution in [1.82, 2.24) is 0 Å². The second-order valence-corrected chi connectivity index (χ2v) is 8.23. The number of carboxylic acid groups (broad SMARTS) is 1. The SMILES string of the molecule is CCCCCCCCCCCCCCCCc1cc(C(=O)O)cc(C)c1C.